The van der Waals surface area contributed by atoms with Crippen LogP contribution in [0.15, 0.2) is 53.6 Å². The quantitative estimate of drug-likeness (QED) is 0.639. The topological polar surface area (TPSA) is 69.2 Å². The van der Waals surface area contributed by atoms with Gasteiger partial charge in [0.2, 0.25) is 0 Å². The molecule has 0 aromatic heterocycles. The Labute approximate surface area is 152 Å². The maximum atomic E-state index is 12.5. The van der Waals surface area contributed by atoms with Crippen molar-refractivity contribution in [2.45, 2.75) is 19.4 Å². The molecule has 0 saturated carbocycles. The highest BCUT2D eigenvalue weighted by molar-refractivity contribution is 6.01. The first kappa shape index (κ1) is 17.9. The monoisotopic (exact) mass is 354 g/mol. The normalized spacial score (nSPS) is 14.6. The zero-order chi connectivity index (χ0) is 18.4. The zero-order valence-corrected chi connectivity index (χ0v) is 14.9. The molecule has 0 fully saturated rings. The van der Waals surface area contributed by atoms with Crippen LogP contribution in [-0.4, -0.2) is 31.9 Å². The summed E-state index contributed by atoms with van der Waals surface area (Å²) in [6.45, 7) is 3.06. The van der Waals surface area contributed by atoms with Gasteiger partial charge in [-0.1, -0.05) is 37.3 Å². The van der Waals surface area contributed by atoms with Crippen LogP contribution in [0.3, 0.4) is 0 Å². The Morgan fingerprint density at radius 2 is 1.88 bits per heavy atom. The number of nitrogens with one attached hydrogen (secondary N) is 1. The number of methoxy groups -OCH3 is 1. The van der Waals surface area contributed by atoms with Gasteiger partial charge in [-0.05, 0) is 30.2 Å². The van der Waals surface area contributed by atoms with Gasteiger partial charge in [-0.3, -0.25) is 4.79 Å². The van der Waals surface area contributed by atoms with Gasteiger partial charge in [0, 0.05) is 12.7 Å². The van der Waals surface area contributed by atoms with Crippen LogP contribution in [0.4, 0.5) is 0 Å². The summed E-state index contributed by atoms with van der Waals surface area (Å²) < 4.78 is 16.5. The van der Waals surface area contributed by atoms with Gasteiger partial charge >= 0.3 is 0 Å². The van der Waals surface area contributed by atoms with Crippen LogP contribution in [0, 0.1) is 0 Å². The molecular formula is C20H22N2O4. The lowest BCUT2D eigenvalue weighted by atomic mass is 10.1. The minimum absolute atomic E-state index is 0.317. The molecule has 6 heteroatoms. The number of rotatable bonds is 6. The number of hydrogen-bond donors (Lipinski definition) is 1. The molecule has 1 heterocycles. The lowest BCUT2D eigenvalue weighted by Gasteiger charge is -2.19. The first-order chi connectivity index (χ1) is 12.7. The van der Waals surface area contributed by atoms with E-state index in [0.29, 0.717) is 25.4 Å². The van der Waals surface area contributed by atoms with Gasteiger partial charge < -0.3 is 14.2 Å². The number of ether oxygens (including phenoxy) is 3. The molecule has 2 aromatic rings. The Balaban J connectivity index is 1.75. The Morgan fingerprint density at radius 1 is 1.15 bits per heavy atom. The summed E-state index contributed by atoms with van der Waals surface area (Å²) in [4.78, 5) is 12.5. The molecule has 1 aliphatic heterocycles. The maximum Gasteiger partial charge on any atom is 0.273 e. The van der Waals surface area contributed by atoms with Crippen LogP contribution in [0.5, 0.6) is 11.5 Å². The van der Waals surface area contributed by atoms with Crippen molar-refractivity contribution < 1.29 is 19.0 Å². The smallest absolute Gasteiger partial charge is 0.273 e. The third-order valence-electron chi connectivity index (χ3n) is 4.09. The van der Waals surface area contributed by atoms with E-state index in [1.807, 2.05) is 55.5 Å². The Kier molecular flexibility index (Phi) is 5.86. The van der Waals surface area contributed by atoms with Crippen molar-refractivity contribution in [3.63, 3.8) is 0 Å². The molecule has 1 aliphatic rings. The second-order valence-corrected chi connectivity index (χ2v) is 5.77. The summed E-state index contributed by atoms with van der Waals surface area (Å²) in [5, 5.41) is 4.30. The third kappa shape index (κ3) is 4.03. The fourth-order valence-electron chi connectivity index (χ4n) is 2.77. The van der Waals surface area contributed by atoms with Crippen LogP contribution in [-0.2, 0) is 9.53 Å². The highest BCUT2D eigenvalue weighted by Crippen LogP contribution is 2.31. The second kappa shape index (κ2) is 8.49. The lowest BCUT2D eigenvalue weighted by molar-refractivity contribution is -0.131. The van der Waals surface area contributed by atoms with Gasteiger partial charge in [0.1, 0.15) is 13.2 Å². The summed E-state index contributed by atoms with van der Waals surface area (Å²) in [5.41, 5.74) is 5.02. The Bertz CT molecular complexity index is 790. The van der Waals surface area contributed by atoms with Crippen molar-refractivity contribution in [1.29, 1.82) is 0 Å². The van der Waals surface area contributed by atoms with Crippen LogP contribution >= 0.6 is 0 Å². The SMILES string of the molecule is CC/C(=N/NC(=O)[C@@H](OC)c1ccccc1)c1ccc2c(c1)OCCO2. The van der Waals surface area contributed by atoms with E-state index in [9.17, 15) is 4.79 Å². The maximum absolute atomic E-state index is 12.5. The van der Waals surface area contributed by atoms with Crippen LogP contribution in [0.2, 0.25) is 0 Å². The van der Waals surface area contributed by atoms with Gasteiger partial charge in [0.25, 0.3) is 5.91 Å². The largest absolute Gasteiger partial charge is 0.486 e. The van der Waals surface area contributed by atoms with Crippen molar-refractivity contribution in [2.75, 3.05) is 20.3 Å². The van der Waals surface area contributed by atoms with E-state index in [-0.39, 0.29) is 5.91 Å². The number of amides is 1. The average Bonchev–Trinajstić information content (AvgIpc) is 2.70. The summed E-state index contributed by atoms with van der Waals surface area (Å²) >= 11 is 0. The fourth-order valence-corrected chi connectivity index (χ4v) is 2.77. The van der Waals surface area contributed by atoms with Crippen LogP contribution in [0.1, 0.15) is 30.6 Å². The van der Waals surface area contributed by atoms with E-state index in [0.717, 1.165) is 22.6 Å². The Hall–Kier alpha value is -2.86. The molecule has 6 nitrogen and oxygen atoms in total. The van der Waals surface area contributed by atoms with E-state index >= 15 is 0 Å². The molecule has 26 heavy (non-hydrogen) atoms. The summed E-state index contributed by atoms with van der Waals surface area (Å²) in [6, 6.07) is 15.0. The minimum atomic E-state index is -0.710. The average molecular weight is 354 g/mol. The molecular weight excluding hydrogens is 332 g/mol. The van der Waals surface area contributed by atoms with E-state index in [1.54, 1.807) is 0 Å². The molecule has 3 rings (SSSR count). The first-order valence-electron chi connectivity index (χ1n) is 8.57. The number of fused-ring (bicyclic) bond motifs is 1. The van der Waals surface area contributed by atoms with Gasteiger partial charge in [-0.15, -0.1) is 0 Å². The van der Waals surface area contributed by atoms with E-state index < -0.39 is 6.10 Å². The molecule has 0 bridgehead atoms. The predicted molar refractivity (Wildman–Crippen MR) is 98.6 cm³/mol. The molecule has 0 aliphatic carbocycles. The molecule has 1 amide bonds. The van der Waals surface area contributed by atoms with Gasteiger partial charge in [0.05, 0.1) is 5.71 Å². The summed E-state index contributed by atoms with van der Waals surface area (Å²) in [5.74, 6) is 1.10. The number of benzene rings is 2. The molecule has 136 valence electrons. The number of hydrazone groups is 1. The third-order valence-corrected chi connectivity index (χ3v) is 4.09. The molecule has 1 atom stereocenters. The summed E-state index contributed by atoms with van der Waals surface area (Å²) in [6.07, 6.45) is -0.0542. The first-order valence-corrected chi connectivity index (χ1v) is 8.57. The Morgan fingerprint density at radius 3 is 2.58 bits per heavy atom. The molecule has 0 radical (unpaired) electrons. The molecule has 0 spiro atoms. The van der Waals surface area contributed by atoms with E-state index in [1.165, 1.54) is 7.11 Å². The lowest BCUT2D eigenvalue weighted by Crippen LogP contribution is -2.27. The number of carbonyl (C=O) groups excluding carboxylic acids is 1. The van der Waals surface area contributed by atoms with Crippen molar-refractivity contribution in [2.24, 2.45) is 5.10 Å². The van der Waals surface area contributed by atoms with Crippen LogP contribution in [0.25, 0.3) is 0 Å². The standard InChI is InChI=1S/C20H22N2O4/c1-3-16(15-9-10-17-18(13-15)26-12-11-25-17)21-22-20(23)19(24-2)14-7-5-4-6-8-14/h4-10,13,19H,3,11-12H2,1-2H3,(H,22,23)/b21-16-/t19-/m0/s1. The number of hydrogen-bond acceptors (Lipinski definition) is 5. The van der Waals surface area contributed by atoms with Crippen molar-refractivity contribution >= 4 is 11.6 Å². The summed E-state index contributed by atoms with van der Waals surface area (Å²) in [7, 11) is 1.50. The van der Waals surface area contributed by atoms with Crippen LogP contribution < -0.4 is 14.9 Å². The number of nitrogens with zero attached hydrogens (tertiary/aromatic N) is 1. The predicted octanol–water partition coefficient (Wildman–Crippen LogP) is 3.08. The number of carbonyl (C=O) groups is 1. The van der Waals surface area contributed by atoms with E-state index in [4.69, 9.17) is 14.2 Å². The molecule has 2 aromatic carbocycles. The second-order valence-electron chi connectivity index (χ2n) is 5.77. The van der Waals surface area contributed by atoms with Crippen molar-refractivity contribution in [1.82, 2.24) is 5.43 Å². The van der Waals surface area contributed by atoms with Crippen molar-refractivity contribution in [3.05, 3.63) is 59.7 Å². The molecule has 0 unspecified atom stereocenters. The minimum Gasteiger partial charge on any atom is -0.486 e. The molecule has 0 saturated heterocycles. The highest BCUT2D eigenvalue weighted by atomic mass is 16.6. The molecule has 1 N–H and O–H groups in total. The van der Waals surface area contributed by atoms with Gasteiger partial charge in [-0.25, -0.2) is 5.43 Å². The fraction of sp³-hybridized carbons (Fsp3) is 0.300. The van der Waals surface area contributed by atoms with E-state index in [2.05, 4.69) is 10.5 Å². The van der Waals surface area contributed by atoms with Crippen molar-refractivity contribution in [3.8, 4) is 11.5 Å². The zero-order valence-electron chi connectivity index (χ0n) is 14.9. The van der Waals surface area contributed by atoms with Gasteiger partial charge in [-0.2, -0.15) is 5.10 Å². The highest BCUT2D eigenvalue weighted by Gasteiger charge is 2.20. The van der Waals surface area contributed by atoms with Gasteiger partial charge in [0.15, 0.2) is 17.6 Å².